The van der Waals surface area contributed by atoms with Gasteiger partial charge in [0.1, 0.15) is 0 Å². The molecule has 0 saturated carbocycles. The summed E-state index contributed by atoms with van der Waals surface area (Å²) in [6, 6.07) is 5.69. The lowest BCUT2D eigenvalue weighted by Gasteiger charge is -2.45. The Morgan fingerprint density at radius 2 is 2.00 bits per heavy atom. The van der Waals surface area contributed by atoms with E-state index in [1.807, 2.05) is 18.2 Å². The number of nitrogen functional groups attached to an aromatic ring is 1. The minimum Gasteiger partial charge on any atom is -0.397 e. The van der Waals surface area contributed by atoms with Crippen LogP contribution in [0.4, 0.5) is 11.4 Å². The molecule has 1 aromatic carbocycles. The van der Waals surface area contributed by atoms with Crippen molar-refractivity contribution in [3.8, 4) is 0 Å². The second-order valence-corrected chi connectivity index (χ2v) is 5.70. The molecule has 2 N–H and O–H groups in total. The van der Waals surface area contributed by atoms with Crippen molar-refractivity contribution in [2.75, 3.05) is 43.5 Å². The quantitative estimate of drug-likeness (QED) is 0.803. The Balaban J connectivity index is 1.81. The molecule has 0 amide bonds. The smallest absolute Gasteiger partial charge is 0.0901 e. The zero-order chi connectivity index (χ0) is 13.3. The summed E-state index contributed by atoms with van der Waals surface area (Å²) in [7, 11) is 0. The number of rotatable bonds is 1. The monoisotopic (exact) mass is 282 g/mol. The lowest BCUT2D eigenvalue weighted by atomic mass is 9.92. The van der Waals surface area contributed by atoms with Gasteiger partial charge in [0.05, 0.1) is 23.6 Å². The van der Waals surface area contributed by atoms with Crippen LogP contribution >= 0.6 is 11.6 Å². The Morgan fingerprint density at radius 1 is 1.21 bits per heavy atom. The number of hydrogen-bond donors (Lipinski definition) is 1. The topological polar surface area (TPSA) is 47.7 Å². The first-order valence-corrected chi connectivity index (χ1v) is 7.08. The first-order chi connectivity index (χ1) is 9.19. The van der Waals surface area contributed by atoms with Gasteiger partial charge in [0.25, 0.3) is 0 Å². The molecular formula is C14H19ClN2O2. The molecule has 0 atom stereocenters. The van der Waals surface area contributed by atoms with E-state index in [9.17, 15) is 0 Å². The second kappa shape index (κ2) is 5.19. The molecule has 104 valence electrons. The number of nitrogens with zero attached hydrogens (tertiary/aromatic N) is 1. The summed E-state index contributed by atoms with van der Waals surface area (Å²) in [4.78, 5) is 2.31. The third kappa shape index (κ3) is 2.66. The minimum atomic E-state index is -0.0669. The SMILES string of the molecule is Nc1cc(Cl)ccc1N1CCOC2(CCOCC2)C1. The summed E-state index contributed by atoms with van der Waals surface area (Å²) < 4.78 is 11.5. The number of anilines is 2. The highest BCUT2D eigenvalue weighted by Crippen LogP contribution is 2.34. The number of nitrogens with two attached hydrogens (primary N) is 1. The van der Waals surface area contributed by atoms with Crippen molar-refractivity contribution in [2.24, 2.45) is 0 Å². The van der Waals surface area contributed by atoms with Gasteiger partial charge in [-0.1, -0.05) is 11.6 Å². The van der Waals surface area contributed by atoms with Gasteiger partial charge in [-0.25, -0.2) is 0 Å². The molecular weight excluding hydrogens is 264 g/mol. The molecule has 19 heavy (non-hydrogen) atoms. The maximum absolute atomic E-state index is 6.08. The van der Waals surface area contributed by atoms with E-state index in [2.05, 4.69) is 4.90 Å². The van der Waals surface area contributed by atoms with Crippen molar-refractivity contribution in [3.05, 3.63) is 23.2 Å². The van der Waals surface area contributed by atoms with Gasteiger partial charge < -0.3 is 20.1 Å². The summed E-state index contributed by atoms with van der Waals surface area (Å²) in [5.41, 5.74) is 7.80. The van der Waals surface area contributed by atoms with Gasteiger partial charge in [-0.3, -0.25) is 0 Å². The normalized spacial score (nSPS) is 22.7. The van der Waals surface area contributed by atoms with Crippen LogP contribution in [-0.4, -0.2) is 38.5 Å². The number of ether oxygens (including phenoxy) is 2. The molecule has 4 nitrogen and oxygen atoms in total. The molecule has 1 spiro atoms. The predicted molar refractivity (Wildman–Crippen MR) is 76.8 cm³/mol. The van der Waals surface area contributed by atoms with Crippen LogP contribution < -0.4 is 10.6 Å². The van der Waals surface area contributed by atoms with Crippen LogP contribution in [0, 0.1) is 0 Å². The number of halogens is 1. The third-order valence-electron chi connectivity index (χ3n) is 3.98. The molecule has 0 unspecified atom stereocenters. The van der Waals surface area contributed by atoms with E-state index in [0.29, 0.717) is 5.02 Å². The van der Waals surface area contributed by atoms with Gasteiger partial charge in [-0.05, 0) is 18.2 Å². The van der Waals surface area contributed by atoms with E-state index >= 15 is 0 Å². The van der Waals surface area contributed by atoms with Crippen LogP contribution in [-0.2, 0) is 9.47 Å². The summed E-state index contributed by atoms with van der Waals surface area (Å²) >= 11 is 5.96. The molecule has 2 heterocycles. The highest BCUT2D eigenvalue weighted by atomic mass is 35.5. The van der Waals surface area contributed by atoms with Gasteiger partial charge in [-0.2, -0.15) is 0 Å². The minimum absolute atomic E-state index is 0.0669. The molecule has 2 saturated heterocycles. The molecule has 5 heteroatoms. The second-order valence-electron chi connectivity index (χ2n) is 5.27. The van der Waals surface area contributed by atoms with Crippen molar-refractivity contribution < 1.29 is 9.47 Å². The van der Waals surface area contributed by atoms with Crippen LogP contribution in [0.1, 0.15) is 12.8 Å². The Morgan fingerprint density at radius 3 is 2.74 bits per heavy atom. The molecule has 2 aliphatic rings. The Labute approximate surface area is 118 Å². The molecule has 2 fully saturated rings. The lowest BCUT2D eigenvalue weighted by molar-refractivity contribution is -0.116. The summed E-state index contributed by atoms with van der Waals surface area (Å²) in [6.07, 6.45) is 1.91. The lowest BCUT2D eigenvalue weighted by Crippen LogP contribution is -2.54. The van der Waals surface area contributed by atoms with Gasteiger partial charge in [0, 0.05) is 44.2 Å². The molecule has 0 aromatic heterocycles. The summed E-state index contributed by atoms with van der Waals surface area (Å²) in [5.74, 6) is 0. The van der Waals surface area contributed by atoms with Gasteiger partial charge in [0.2, 0.25) is 0 Å². The van der Waals surface area contributed by atoms with Crippen LogP contribution in [0.2, 0.25) is 5.02 Å². The standard InChI is InChI=1S/C14H19ClN2O2/c15-11-1-2-13(12(16)9-11)17-5-8-19-14(10-17)3-6-18-7-4-14/h1-2,9H,3-8,10,16H2. The molecule has 0 aliphatic carbocycles. The van der Waals surface area contributed by atoms with Crippen molar-refractivity contribution in [1.82, 2.24) is 0 Å². The van der Waals surface area contributed by atoms with E-state index in [1.165, 1.54) is 0 Å². The summed E-state index contributed by atoms with van der Waals surface area (Å²) in [6.45, 7) is 4.05. The Hall–Kier alpha value is -0.970. The Kier molecular flexibility index (Phi) is 3.56. The fourth-order valence-corrected chi connectivity index (χ4v) is 3.09. The molecule has 0 bridgehead atoms. The van der Waals surface area contributed by atoms with E-state index in [-0.39, 0.29) is 5.60 Å². The van der Waals surface area contributed by atoms with Crippen molar-refractivity contribution in [1.29, 1.82) is 0 Å². The van der Waals surface area contributed by atoms with Crippen LogP contribution in [0.3, 0.4) is 0 Å². The van der Waals surface area contributed by atoms with Gasteiger partial charge in [-0.15, -0.1) is 0 Å². The van der Waals surface area contributed by atoms with Crippen molar-refractivity contribution in [2.45, 2.75) is 18.4 Å². The molecule has 3 rings (SSSR count). The largest absolute Gasteiger partial charge is 0.397 e. The van der Waals surface area contributed by atoms with Crippen LogP contribution in [0.5, 0.6) is 0 Å². The van der Waals surface area contributed by atoms with Crippen LogP contribution in [0.15, 0.2) is 18.2 Å². The maximum Gasteiger partial charge on any atom is 0.0901 e. The summed E-state index contributed by atoms with van der Waals surface area (Å²) in [5, 5.41) is 0.676. The zero-order valence-corrected chi connectivity index (χ0v) is 11.7. The zero-order valence-electron chi connectivity index (χ0n) is 10.9. The van der Waals surface area contributed by atoms with E-state index in [4.69, 9.17) is 26.8 Å². The van der Waals surface area contributed by atoms with Crippen molar-refractivity contribution in [3.63, 3.8) is 0 Å². The molecule has 0 radical (unpaired) electrons. The molecule has 2 aliphatic heterocycles. The highest BCUT2D eigenvalue weighted by molar-refractivity contribution is 6.31. The van der Waals surface area contributed by atoms with Gasteiger partial charge >= 0.3 is 0 Å². The Bertz CT molecular complexity index is 455. The number of hydrogen-bond acceptors (Lipinski definition) is 4. The fourth-order valence-electron chi connectivity index (χ4n) is 2.91. The predicted octanol–water partition coefficient (Wildman–Crippen LogP) is 2.31. The van der Waals surface area contributed by atoms with Gasteiger partial charge in [0.15, 0.2) is 0 Å². The number of morpholine rings is 1. The van der Waals surface area contributed by atoms with E-state index in [0.717, 1.165) is 57.1 Å². The first-order valence-electron chi connectivity index (χ1n) is 6.70. The van der Waals surface area contributed by atoms with E-state index < -0.39 is 0 Å². The fraction of sp³-hybridized carbons (Fsp3) is 0.571. The number of benzene rings is 1. The van der Waals surface area contributed by atoms with Crippen LogP contribution in [0.25, 0.3) is 0 Å². The highest BCUT2D eigenvalue weighted by Gasteiger charge is 2.38. The first kappa shape index (κ1) is 13.0. The average Bonchev–Trinajstić information content (AvgIpc) is 2.39. The third-order valence-corrected chi connectivity index (χ3v) is 4.22. The van der Waals surface area contributed by atoms with Crippen molar-refractivity contribution >= 4 is 23.0 Å². The maximum atomic E-state index is 6.08. The van der Waals surface area contributed by atoms with E-state index in [1.54, 1.807) is 0 Å². The average molecular weight is 283 g/mol. The molecule has 1 aromatic rings.